The lowest BCUT2D eigenvalue weighted by Crippen LogP contribution is -2.44. The molecule has 1 unspecified atom stereocenters. The van der Waals surface area contributed by atoms with Crippen LogP contribution in [0, 0.1) is 5.82 Å². The highest BCUT2D eigenvalue weighted by Crippen LogP contribution is 2.25. The van der Waals surface area contributed by atoms with Crippen molar-refractivity contribution in [2.24, 2.45) is 0 Å². The van der Waals surface area contributed by atoms with Crippen molar-refractivity contribution in [3.8, 4) is 0 Å². The molecule has 6 nitrogen and oxygen atoms in total. The molecular formula is C27H24FN3O3. The van der Waals surface area contributed by atoms with Crippen LogP contribution in [0.15, 0.2) is 102 Å². The second kappa shape index (κ2) is 11.0. The molecule has 1 atom stereocenters. The Morgan fingerprint density at radius 2 is 1.79 bits per heavy atom. The molecule has 2 aromatic heterocycles. The maximum absolute atomic E-state index is 13.5. The summed E-state index contributed by atoms with van der Waals surface area (Å²) < 4.78 is 18.8. The Kier molecular flexibility index (Phi) is 7.45. The van der Waals surface area contributed by atoms with E-state index in [2.05, 4.69) is 10.3 Å². The molecule has 0 aliphatic heterocycles. The highest BCUT2D eigenvalue weighted by atomic mass is 19.1. The van der Waals surface area contributed by atoms with Gasteiger partial charge < -0.3 is 14.6 Å². The summed E-state index contributed by atoms with van der Waals surface area (Å²) in [5, 5.41) is 2.90. The van der Waals surface area contributed by atoms with Crippen LogP contribution in [-0.2, 0) is 17.8 Å². The average Bonchev–Trinajstić information content (AvgIpc) is 3.40. The molecule has 1 N–H and O–H groups in total. The van der Waals surface area contributed by atoms with Gasteiger partial charge in [0.15, 0.2) is 5.76 Å². The first-order valence-electron chi connectivity index (χ1n) is 10.9. The molecule has 172 valence electrons. The van der Waals surface area contributed by atoms with Gasteiger partial charge in [-0.05, 0) is 47.9 Å². The van der Waals surface area contributed by atoms with Gasteiger partial charge in [-0.1, -0.05) is 48.5 Å². The molecule has 2 heterocycles. The van der Waals surface area contributed by atoms with E-state index in [1.165, 1.54) is 23.3 Å². The highest BCUT2D eigenvalue weighted by Gasteiger charge is 2.33. The molecule has 7 heteroatoms. The molecule has 0 saturated carbocycles. The zero-order chi connectivity index (χ0) is 23.8. The van der Waals surface area contributed by atoms with Crippen molar-refractivity contribution in [2.75, 3.05) is 6.54 Å². The van der Waals surface area contributed by atoms with E-state index in [-0.39, 0.29) is 30.6 Å². The lowest BCUT2D eigenvalue weighted by Gasteiger charge is -2.30. The molecule has 4 rings (SSSR count). The SMILES string of the molecule is O=C(NCCc1cccc(F)c1)C(c1cccnc1)N(Cc1ccccc1)C(=O)c1ccco1. The summed E-state index contributed by atoms with van der Waals surface area (Å²) in [6, 6.07) is 21.4. The second-order valence-corrected chi connectivity index (χ2v) is 7.76. The van der Waals surface area contributed by atoms with Gasteiger partial charge in [0.2, 0.25) is 5.91 Å². The van der Waals surface area contributed by atoms with Gasteiger partial charge in [-0.2, -0.15) is 0 Å². The van der Waals surface area contributed by atoms with Crippen molar-refractivity contribution >= 4 is 11.8 Å². The topological polar surface area (TPSA) is 75.4 Å². The molecule has 0 fully saturated rings. The number of amides is 2. The van der Waals surface area contributed by atoms with Gasteiger partial charge >= 0.3 is 0 Å². The maximum atomic E-state index is 13.5. The summed E-state index contributed by atoms with van der Waals surface area (Å²) in [5.74, 6) is -0.962. The van der Waals surface area contributed by atoms with Gasteiger partial charge in [0, 0.05) is 31.0 Å². The van der Waals surface area contributed by atoms with Gasteiger partial charge in [-0.25, -0.2) is 4.39 Å². The summed E-state index contributed by atoms with van der Waals surface area (Å²) in [5.41, 5.74) is 2.21. The largest absolute Gasteiger partial charge is 0.459 e. The van der Waals surface area contributed by atoms with E-state index >= 15 is 0 Å². The van der Waals surface area contributed by atoms with Crippen molar-refractivity contribution in [1.29, 1.82) is 0 Å². The molecular weight excluding hydrogens is 433 g/mol. The number of furan rings is 1. The molecule has 0 aliphatic carbocycles. The lowest BCUT2D eigenvalue weighted by molar-refractivity contribution is -0.126. The van der Waals surface area contributed by atoms with E-state index in [1.54, 1.807) is 48.8 Å². The van der Waals surface area contributed by atoms with Gasteiger partial charge in [0.25, 0.3) is 5.91 Å². The number of nitrogens with one attached hydrogen (secondary N) is 1. The fraction of sp³-hybridized carbons (Fsp3) is 0.148. The Balaban J connectivity index is 1.61. The van der Waals surface area contributed by atoms with Gasteiger partial charge in [0.1, 0.15) is 11.9 Å². The van der Waals surface area contributed by atoms with E-state index in [1.807, 2.05) is 30.3 Å². The zero-order valence-electron chi connectivity index (χ0n) is 18.4. The van der Waals surface area contributed by atoms with E-state index in [4.69, 9.17) is 4.42 Å². The number of carbonyl (C=O) groups is 2. The van der Waals surface area contributed by atoms with Crippen LogP contribution in [0.4, 0.5) is 4.39 Å². The van der Waals surface area contributed by atoms with Crippen molar-refractivity contribution in [3.63, 3.8) is 0 Å². The molecule has 0 spiro atoms. The number of aromatic nitrogens is 1. The standard InChI is InChI=1S/C27H24FN3O3/c28-23-11-4-9-20(17-23)13-15-30-26(32)25(22-10-5-14-29-18-22)31(19-21-7-2-1-3-8-21)27(33)24-12-6-16-34-24/h1-12,14,16-18,25H,13,15,19H2,(H,30,32). The quantitative estimate of drug-likeness (QED) is 0.400. The van der Waals surface area contributed by atoms with Gasteiger partial charge in [-0.15, -0.1) is 0 Å². The number of benzene rings is 2. The van der Waals surface area contributed by atoms with Crippen LogP contribution in [-0.4, -0.2) is 28.2 Å². The van der Waals surface area contributed by atoms with Crippen molar-refractivity contribution in [3.05, 3.63) is 126 Å². The summed E-state index contributed by atoms with van der Waals surface area (Å²) in [7, 11) is 0. The molecule has 4 aromatic rings. The number of rotatable bonds is 9. The number of nitrogens with zero attached hydrogens (tertiary/aromatic N) is 2. The Labute approximate surface area is 197 Å². The van der Waals surface area contributed by atoms with Crippen LogP contribution >= 0.6 is 0 Å². The fourth-order valence-corrected chi connectivity index (χ4v) is 3.73. The average molecular weight is 458 g/mol. The monoisotopic (exact) mass is 457 g/mol. The number of halogens is 1. The van der Waals surface area contributed by atoms with Crippen LogP contribution < -0.4 is 5.32 Å². The van der Waals surface area contributed by atoms with Crippen LogP contribution in [0.25, 0.3) is 0 Å². The molecule has 34 heavy (non-hydrogen) atoms. The first-order chi connectivity index (χ1) is 16.6. The van der Waals surface area contributed by atoms with Crippen LogP contribution in [0.5, 0.6) is 0 Å². The third kappa shape index (κ3) is 5.75. The van der Waals surface area contributed by atoms with Crippen LogP contribution in [0.2, 0.25) is 0 Å². The smallest absolute Gasteiger partial charge is 0.290 e. The number of hydrogen-bond donors (Lipinski definition) is 1. The van der Waals surface area contributed by atoms with Crippen molar-refractivity contribution in [2.45, 2.75) is 19.0 Å². The van der Waals surface area contributed by atoms with Crippen LogP contribution in [0.1, 0.15) is 33.3 Å². The molecule has 2 amide bonds. The highest BCUT2D eigenvalue weighted by molar-refractivity contribution is 5.96. The lowest BCUT2D eigenvalue weighted by atomic mass is 10.0. The minimum Gasteiger partial charge on any atom is -0.459 e. The first kappa shape index (κ1) is 22.9. The molecule has 0 aliphatic rings. The Bertz CT molecular complexity index is 1210. The van der Waals surface area contributed by atoms with Crippen LogP contribution in [0.3, 0.4) is 0 Å². The van der Waals surface area contributed by atoms with Gasteiger partial charge in [0.05, 0.1) is 6.26 Å². The van der Waals surface area contributed by atoms with Gasteiger partial charge in [-0.3, -0.25) is 14.6 Å². The Morgan fingerprint density at radius 1 is 0.971 bits per heavy atom. The predicted molar refractivity (Wildman–Crippen MR) is 125 cm³/mol. The van der Waals surface area contributed by atoms with E-state index in [9.17, 15) is 14.0 Å². The zero-order valence-corrected chi connectivity index (χ0v) is 18.4. The fourth-order valence-electron chi connectivity index (χ4n) is 3.73. The minimum absolute atomic E-state index is 0.136. The summed E-state index contributed by atoms with van der Waals surface area (Å²) in [4.78, 5) is 32.6. The second-order valence-electron chi connectivity index (χ2n) is 7.76. The van der Waals surface area contributed by atoms with Crippen molar-refractivity contribution < 1.29 is 18.4 Å². The predicted octanol–water partition coefficient (Wildman–Crippen LogP) is 4.56. The number of pyridine rings is 1. The Hall–Kier alpha value is -4.26. The third-order valence-corrected chi connectivity index (χ3v) is 5.35. The molecule has 0 bridgehead atoms. The van der Waals surface area contributed by atoms with Crippen molar-refractivity contribution in [1.82, 2.24) is 15.2 Å². The number of hydrogen-bond acceptors (Lipinski definition) is 4. The normalized spacial score (nSPS) is 11.6. The third-order valence-electron chi connectivity index (χ3n) is 5.35. The van der Waals surface area contributed by atoms with E-state index in [0.29, 0.717) is 12.0 Å². The molecule has 2 aromatic carbocycles. The first-order valence-corrected chi connectivity index (χ1v) is 10.9. The molecule has 0 saturated heterocycles. The summed E-state index contributed by atoms with van der Waals surface area (Å²) in [6.45, 7) is 0.477. The summed E-state index contributed by atoms with van der Waals surface area (Å²) in [6.07, 6.45) is 5.06. The molecule has 0 radical (unpaired) electrons. The Morgan fingerprint density at radius 3 is 2.50 bits per heavy atom. The number of carbonyl (C=O) groups excluding carboxylic acids is 2. The minimum atomic E-state index is -0.945. The maximum Gasteiger partial charge on any atom is 0.290 e. The van der Waals surface area contributed by atoms with E-state index in [0.717, 1.165) is 11.1 Å². The van der Waals surface area contributed by atoms with E-state index < -0.39 is 11.9 Å². The summed E-state index contributed by atoms with van der Waals surface area (Å²) >= 11 is 0.